The molecule has 1 saturated heterocycles. The van der Waals surface area contributed by atoms with Crippen molar-refractivity contribution in [3.8, 4) is 0 Å². The number of amides is 3. The highest BCUT2D eigenvalue weighted by molar-refractivity contribution is 5.96. The van der Waals surface area contributed by atoms with Gasteiger partial charge in [-0.25, -0.2) is 4.79 Å². The zero-order valence-corrected chi connectivity index (χ0v) is 17.2. The first kappa shape index (κ1) is 22.7. The van der Waals surface area contributed by atoms with Crippen LogP contribution in [0.15, 0.2) is 36.5 Å². The third-order valence-corrected chi connectivity index (χ3v) is 4.53. The molecule has 0 aromatic heterocycles. The Hall–Kier alpha value is -2.37. The minimum absolute atomic E-state index is 0.0807. The van der Waals surface area contributed by atoms with E-state index in [0.717, 1.165) is 12.8 Å². The van der Waals surface area contributed by atoms with Crippen molar-refractivity contribution in [1.82, 2.24) is 15.5 Å². The number of piperidine rings is 1. The second-order valence-electron chi connectivity index (χ2n) is 7.97. The number of nitrogens with one attached hydrogen (secondary N) is 2. The van der Waals surface area contributed by atoms with Crippen LogP contribution in [0.1, 0.15) is 47.5 Å². The van der Waals surface area contributed by atoms with E-state index in [4.69, 9.17) is 0 Å². The molecule has 6 heteroatoms. The van der Waals surface area contributed by atoms with Crippen LogP contribution in [0, 0.1) is 5.41 Å². The van der Waals surface area contributed by atoms with Crippen molar-refractivity contribution in [3.05, 3.63) is 36.5 Å². The molecule has 0 saturated carbocycles. The Morgan fingerprint density at radius 3 is 2.44 bits per heavy atom. The maximum Gasteiger partial charge on any atom is 0.315 e. The molecule has 2 N–H and O–H groups in total. The number of rotatable bonds is 6. The second kappa shape index (κ2) is 10.1. The molecule has 150 valence electrons. The lowest BCUT2D eigenvalue weighted by molar-refractivity contribution is -0.128. The van der Waals surface area contributed by atoms with Crippen LogP contribution in [0.4, 0.5) is 4.79 Å². The lowest BCUT2D eigenvalue weighted by Crippen LogP contribution is -2.56. The summed E-state index contributed by atoms with van der Waals surface area (Å²) >= 11 is 0. The van der Waals surface area contributed by atoms with E-state index < -0.39 is 6.04 Å². The van der Waals surface area contributed by atoms with Crippen molar-refractivity contribution in [2.75, 3.05) is 13.1 Å². The topological polar surface area (TPSA) is 78.5 Å². The SMILES string of the molecule is C=C/C(=C\C=C/C)C(=O)N1CCCC(NC(=O)NC(C(C)=O)C(C)(C)C)C1. The maximum absolute atomic E-state index is 12.6. The van der Waals surface area contributed by atoms with Gasteiger partial charge < -0.3 is 15.5 Å². The summed E-state index contributed by atoms with van der Waals surface area (Å²) in [7, 11) is 0. The summed E-state index contributed by atoms with van der Waals surface area (Å²) < 4.78 is 0. The van der Waals surface area contributed by atoms with E-state index in [2.05, 4.69) is 17.2 Å². The normalized spacial score (nSPS) is 19.5. The molecule has 1 fully saturated rings. The first-order chi connectivity index (χ1) is 12.6. The van der Waals surface area contributed by atoms with Crippen molar-refractivity contribution >= 4 is 17.7 Å². The van der Waals surface area contributed by atoms with Gasteiger partial charge >= 0.3 is 6.03 Å². The Bertz CT molecular complexity index is 629. The van der Waals surface area contributed by atoms with Gasteiger partial charge in [0.05, 0.1) is 6.04 Å². The fraction of sp³-hybridized carbons (Fsp3) is 0.571. The monoisotopic (exact) mass is 375 g/mol. The van der Waals surface area contributed by atoms with Gasteiger partial charge in [-0.05, 0) is 38.2 Å². The highest BCUT2D eigenvalue weighted by Crippen LogP contribution is 2.20. The summed E-state index contributed by atoms with van der Waals surface area (Å²) in [6.45, 7) is 13.9. The molecule has 0 aromatic carbocycles. The van der Waals surface area contributed by atoms with Gasteiger partial charge in [-0.2, -0.15) is 0 Å². The van der Waals surface area contributed by atoms with Crippen molar-refractivity contribution in [1.29, 1.82) is 0 Å². The van der Waals surface area contributed by atoms with Gasteiger partial charge in [0.15, 0.2) is 5.78 Å². The highest BCUT2D eigenvalue weighted by Gasteiger charge is 2.31. The minimum atomic E-state index is -0.560. The van der Waals surface area contributed by atoms with E-state index in [1.54, 1.807) is 23.1 Å². The lowest BCUT2D eigenvalue weighted by Gasteiger charge is -2.34. The minimum Gasteiger partial charge on any atom is -0.337 e. The Kier molecular flexibility index (Phi) is 8.47. The van der Waals surface area contributed by atoms with Crippen LogP contribution in [0.5, 0.6) is 0 Å². The van der Waals surface area contributed by atoms with E-state index in [-0.39, 0.29) is 29.2 Å². The van der Waals surface area contributed by atoms with E-state index >= 15 is 0 Å². The van der Waals surface area contributed by atoms with Crippen LogP contribution in [0.3, 0.4) is 0 Å². The summed E-state index contributed by atoms with van der Waals surface area (Å²) in [6, 6.07) is -1.09. The molecule has 0 radical (unpaired) electrons. The third-order valence-electron chi connectivity index (χ3n) is 4.53. The molecule has 27 heavy (non-hydrogen) atoms. The smallest absolute Gasteiger partial charge is 0.315 e. The van der Waals surface area contributed by atoms with Crippen molar-refractivity contribution in [3.63, 3.8) is 0 Å². The average molecular weight is 376 g/mol. The molecule has 6 nitrogen and oxygen atoms in total. The van der Waals surface area contributed by atoms with E-state index in [9.17, 15) is 14.4 Å². The molecular formula is C21H33N3O3. The molecule has 0 aliphatic carbocycles. The molecule has 0 spiro atoms. The summed E-state index contributed by atoms with van der Waals surface area (Å²) in [6.07, 6.45) is 8.53. The van der Waals surface area contributed by atoms with Gasteiger partial charge in [0.1, 0.15) is 0 Å². The predicted octanol–water partition coefficient (Wildman–Crippen LogP) is 2.97. The summed E-state index contributed by atoms with van der Waals surface area (Å²) in [5, 5.41) is 5.68. The molecule has 2 atom stereocenters. The number of Topliss-reactive ketones (excluding diaryl/α,β-unsaturated/α-hetero) is 1. The van der Waals surface area contributed by atoms with E-state index in [1.807, 2.05) is 33.8 Å². The van der Waals surface area contributed by atoms with Crippen LogP contribution in [-0.2, 0) is 9.59 Å². The van der Waals surface area contributed by atoms with Crippen LogP contribution in [0.25, 0.3) is 0 Å². The fourth-order valence-corrected chi connectivity index (χ4v) is 3.17. The summed E-state index contributed by atoms with van der Waals surface area (Å²) in [5.41, 5.74) is 0.163. The number of allylic oxidation sites excluding steroid dienone is 3. The lowest BCUT2D eigenvalue weighted by atomic mass is 9.84. The Labute approximate surface area is 162 Å². The summed E-state index contributed by atoms with van der Waals surface area (Å²) in [5.74, 6) is -0.172. The predicted molar refractivity (Wildman–Crippen MR) is 108 cm³/mol. The number of ketones is 1. The van der Waals surface area contributed by atoms with Gasteiger partial charge in [-0.3, -0.25) is 9.59 Å². The summed E-state index contributed by atoms with van der Waals surface area (Å²) in [4.78, 5) is 38.6. The standard InChI is InChI=1S/C21H33N3O3/c1-7-9-11-16(8-2)19(26)24-13-10-12-17(14-24)22-20(27)23-18(15(3)25)21(4,5)6/h7-9,11,17-18H,2,10,12-14H2,1,3-6H3,(H2,22,23,27)/b9-7-,16-11+. The zero-order valence-electron chi connectivity index (χ0n) is 17.2. The molecule has 3 amide bonds. The van der Waals surface area contributed by atoms with Crippen LogP contribution >= 0.6 is 0 Å². The highest BCUT2D eigenvalue weighted by atomic mass is 16.2. The molecule has 0 aromatic rings. The number of nitrogens with zero attached hydrogens (tertiary/aromatic N) is 1. The Morgan fingerprint density at radius 2 is 1.93 bits per heavy atom. The fourth-order valence-electron chi connectivity index (χ4n) is 3.17. The number of carbonyl (C=O) groups is 3. The molecule has 1 aliphatic heterocycles. The number of hydrogen-bond donors (Lipinski definition) is 2. The number of urea groups is 1. The first-order valence-electron chi connectivity index (χ1n) is 9.42. The molecule has 2 unspecified atom stereocenters. The van der Waals surface area contributed by atoms with Gasteiger partial charge in [0.25, 0.3) is 5.91 Å². The molecule has 1 rings (SSSR count). The largest absolute Gasteiger partial charge is 0.337 e. The third kappa shape index (κ3) is 7.04. The van der Waals surface area contributed by atoms with Crippen LogP contribution < -0.4 is 10.6 Å². The van der Waals surface area contributed by atoms with Crippen molar-refractivity contribution < 1.29 is 14.4 Å². The van der Waals surface area contributed by atoms with Crippen LogP contribution in [-0.4, -0.2) is 47.8 Å². The zero-order chi connectivity index (χ0) is 20.6. The molecule has 0 bridgehead atoms. The van der Waals surface area contributed by atoms with Crippen molar-refractivity contribution in [2.24, 2.45) is 5.41 Å². The number of hydrogen-bond acceptors (Lipinski definition) is 3. The van der Waals surface area contributed by atoms with Gasteiger partial charge in [-0.1, -0.05) is 45.6 Å². The Balaban J connectivity index is 2.72. The molecular weight excluding hydrogens is 342 g/mol. The van der Waals surface area contributed by atoms with Gasteiger partial charge in [0, 0.05) is 24.7 Å². The van der Waals surface area contributed by atoms with Crippen LogP contribution in [0.2, 0.25) is 0 Å². The van der Waals surface area contributed by atoms with Crippen molar-refractivity contribution in [2.45, 2.75) is 59.5 Å². The van der Waals surface area contributed by atoms with Gasteiger partial charge in [-0.15, -0.1) is 0 Å². The number of likely N-dealkylation sites (tertiary alicyclic amines) is 1. The average Bonchev–Trinajstić information content (AvgIpc) is 2.59. The molecule has 1 heterocycles. The number of carbonyl (C=O) groups excluding carboxylic acids is 3. The van der Waals surface area contributed by atoms with E-state index in [0.29, 0.717) is 18.7 Å². The first-order valence-corrected chi connectivity index (χ1v) is 9.42. The Morgan fingerprint density at radius 1 is 1.26 bits per heavy atom. The van der Waals surface area contributed by atoms with Gasteiger partial charge in [0.2, 0.25) is 0 Å². The maximum atomic E-state index is 12.6. The van der Waals surface area contributed by atoms with E-state index in [1.165, 1.54) is 6.92 Å². The quantitative estimate of drug-likeness (QED) is 0.553. The molecule has 1 aliphatic rings. The second-order valence-corrected chi connectivity index (χ2v) is 7.97.